The standard InChI is InChI=1S/C13H23N3O2/c17-11-15-6-8-16(9-7-15)13(18)14-10-12-4-2-1-3-5-12/h11-12H,1-10H2,(H,14,18). The number of carbonyl (C=O) groups is 2. The van der Waals surface area contributed by atoms with E-state index in [4.69, 9.17) is 0 Å². The first-order chi connectivity index (χ1) is 8.79. The molecule has 5 heteroatoms. The molecule has 0 aromatic rings. The highest BCUT2D eigenvalue weighted by Gasteiger charge is 2.21. The molecule has 1 saturated carbocycles. The lowest BCUT2D eigenvalue weighted by Gasteiger charge is -2.33. The first kappa shape index (κ1) is 13.2. The first-order valence-corrected chi connectivity index (χ1v) is 7.01. The van der Waals surface area contributed by atoms with E-state index in [1.807, 2.05) is 4.90 Å². The smallest absolute Gasteiger partial charge is 0.317 e. The van der Waals surface area contributed by atoms with Crippen LogP contribution >= 0.6 is 0 Å². The van der Waals surface area contributed by atoms with Crippen molar-refractivity contribution in [1.29, 1.82) is 0 Å². The predicted molar refractivity (Wildman–Crippen MR) is 69.2 cm³/mol. The van der Waals surface area contributed by atoms with Gasteiger partial charge in [-0.15, -0.1) is 0 Å². The van der Waals surface area contributed by atoms with Gasteiger partial charge in [0, 0.05) is 32.7 Å². The van der Waals surface area contributed by atoms with E-state index in [2.05, 4.69) is 5.32 Å². The van der Waals surface area contributed by atoms with Crippen molar-refractivity contribution in [2.24, 2.45) is 5.92 Å². The van der Waals surface area contributed by atoms with Gasteiger partial charge in [-0.25, -0.2) is 4.79 Å². The Morgan fingerprint density at radius 3 is 2.39 bits per heavy atom. The second-order valence-corrected chi connectivity index (χ2v) is 5.32. The zero-order valence-corrected chi connectivity index (χ0v) is 10.9. The molecule has 1 aliphatic heterocycles. The molecule has 0 radical (unpaired) electrons. The van der Waals surface area contributed by atoms with Crippen LogP contribution < -0.4 is 5.32 Å². The topological polar surface area (TPSA) is 52.7 Å². The number of nitrogens with zero attached hydrogens (tertiary/aromatic N) is 2. The predicted octanol–water partition coefficient (Wildman–Crippen LogP) is 1.05. The van der Waals surface area contributed by atoms with Crippen molar-refractivity contribution in [1.82, 2.24) is 15.1 Å². The molecule has 1 aliphatic carbocycles. The molecule has 5 nitrogen and oxygen atoms in total. The van der Waals surface area contributed by atoms with Gasteiger partial charge in [0.15, 0.2) is 0 Å². The van der Waals surface area contributed by atoms with Crippen LogP contribution in [0.1, 0.15) is 32.1 Å². The van der Waals surface area contributed by atoms with Crippen LogP contribution in [0.5, 0.6) is 0 Å². The van der Waals surface area contributed by atoms with Crippen molar-refractivity contribution in [2.45, 2.75) is 32.1 Å². The molecular weight excluding hydrogens is 230 g/mol. The summed E-state index contributed by atoms with van der Waals surface area (Å²) >= 11 is 0. The molecule has 18 heavy (non-hydrogen) atoms. The summed E-state index contributed by atoms with van der Waals surface area (Å²) in [6.07, 6.45) is 7.31. The second-order valence-electron chi connectivity index (χ2n) is 5.32. The summed E-state index contributed by atoms with van der Waals surface area (Å²) in [6, 6.07) is 0.0334. The van der Waals surface area contributed by atoms with Gasteiger partial charge >= 0.3 is 6.03 Å². The molecule has 2 rings (SSSR count). The number of amides is 3. The molecule has 0 bridgehead atoms. The summed E-state index contributed by atoms with van der Waals surface area (Å²) in [7, 11) is 0. The van der Waals surface area contributed by atoms with Crippen LogP contribution in [-0.4, -0.2) is 55.0 Å². The molecule has 1 N–H and O–H groups in total. The first-order valence-electron chi connectivity index (χ1n) is 7.01. The molecule has 3 amide bonds. The van der Waals surface area contributed by atoms with Crippen LogP contribution in [0.2, 0.25) is 0 Å². The summed E-state index contributed by atoms with van der Waals surface area (Å²) in [5.41, 5.74) is 0. The molecule has 0 atom stereocenters. The maximum Gasteiger partial charge on any atom is 0.317 e. The minimum atomic E-state index is 0.0334. The van der Waals surface area contributed by atoms with E-state index in [0.717, 1.165) is 13.0 Å². The Hall–Kier alpha value is -1.26. The van der Waals surface area contributed by atoms with Crippen molar-refractivity contribution in [3.8, 4) is 0 Å². The van der Waals surface area contributed by atoms with E-state index in [9.17, 15) is 9.59 Å². The quantitative estimate of drug-likeness (QED) is 0.764. The number of urea groups is 1. The summed E-state index contributed by atoms with van der Waals surface area (Å²) in [5.74, 6) is 0.666. The van der Waals surface area contributed by atoms with E-state index in [1.165, 1.54) is 32.1 Å². The highest BCUT2D eigenvalue weighted by atomic mass is 16.2. The average molecular weight is 253 g/mol. The second kappa shape index (κ2) is 6.61. The number of rotatable bonds is 3. The molecule has 2 fully saturated rings. The highest BCUT2D eigenvalue weighted by molar-refractivity contribution is 5.74. The molecule has 102 valence electrons. The largest absolute Gasteiger partial charge is 0.342 e. The van der Waals surface area contributed by atoms with Gasteiger partial charge in [0.2, 0.25) is 6.41 Å². The Morgan fingerprint density at radius 2 is 1.78 bits per heavy atom. The number of hydrogen-bond donors (Lipinski definition) is 1. The molecule has 0 aromatic heterocycles. The lowest BCUT2D eigenvalue weighted by molar-refractivity contribution is -0.119. The maximum absolute atomic E-state index is 11.9. The van der Waals surface area contributed by atoms with Crippen LogP contribution in [0.4, 0.5) is 4.79 Å². The highest BCUT2D eigenvalue weighted by Crippen LogP contribution is 2.22. The van der Waals surface area contributed by atoms with E-state index >= 15 is 0 Å². The SMILES string of the molecule is O=CN1CCN(C(=O)NCC2CCCCC2)CC1. The summed E-state index contributed by atoms with van der Waals surface area (Å²) < 4.78 is 0. The van der Waals surface area contributed by atoms with Crippen molar-refractivity contribution in [3.05, 3.63) is 0 Å². The summed E-state index contributed by atoms with van der Waals surface area (Å²) in [4.78, 5) is 26.0. The van der Waals surface area contributed by atoms with Gasteiger partial charge in [-0.2, -0.15) is 0 Å². The van der Waals surface area contributed by atoms with Crippen LogP contribution in [0.3, 0.4) is 0 Å². The average Bonchev–Trinajstić information content (AvgIpc) is 2.46. The Kier molecular flexibility index (Phi) is 4.84. The minimum absolute atomic E-state index is 0.0334. The number of hydrogen-bond acceptors (Lipinski definition) is 2. The fourth-order valence-electron chi connectivity index (χ4n) is 2.77. The van der Waals surface area contributed by atoms with E-state index in [1.54, 1.807) is 4.90 Å². The number of carbonyl (C=O) groups excluding carboxylic acids is 2. The third-order valence-corrected chi connectivity index (χ3v) is 4.02. The number of piperazine rings is 1. The van der Waals surface area contributed by atoms with Gasteiger partial charge in [-0.1, -0.05) is 19.3 Å². The summed E-state index contributed by atoms with van der Waals surface area (Å²) in [5, 5.41) is 3.04. The lowest BCUT2D eigenvalue weighted by atomic mass is 9.89. The molecule has 0 spiro atoms. The molecule has 1 saturated heterocycles. The van der Waals surface area contributed by atoms with Gasteiger partial charge in [-0.3, -0.25) is 4.79 Å². The normalized spacial score (nSPS) is 21.8. The molecule has 1 heterocycles. The minimum Gasteiger partial charge on any atom is -0.342 e. The fraction of sp³-hybridized carbons (Fsp3) is 0.846. The third kappa shape index (κ3) is 3.62. The monoisotopic (exact) mass is 253 g/mol. The van der Waals surface area contributed by atoms with Crippen molar-refractivity contribution >= 4 is 12.4 Å². The Bertz CT molecular complexity index is 282. The Balaban J connectivity index is 1.66. The van der Waals surface area contributed by atoms with E-state index < -0.39 is 0 Å². The Labute approximate surface area is 108 Å². The van der Waals surface area contributed by atoms with Gasteiger partial charge in [-0.05, 0) is 18.8 Å². The van der Waals surface area contributed by atoms with Crippen molar-refractivity contribution in [2.75, 3.05) is 32.7 Å². The fourth-order valence-corrected chi connectivity index (χ4v) is 2.77. The zero-order valence-electron chi connectivity index (χ0n) is 10.9. The lowest BCUT2D eigenvalue weighted by Crippen LogP contribution is -2.51. The maximum atomic E-state index is 11.9. The molecule has 0 unspecified atom stereocenters. The van der Waals surface area contributed by atoms with Crippen LogP contribution in [0.25, 0.3) is 0 Å². The van der Waals surface area contributed by atoms with Crippen molar-refractivity contribution < 1.29 is 9.59 Å². The van der Waals surface area contributed by atoms with Gasteiger partial charge < -0.3 is 15.1 Å². The summed E-state index contributed by atoms with van der Waals surface area (Å²) in [6.45, 7) is 3.41. The van der Waals surface area contributed by atoms with Crippen molar-refractivity contribution in [3.63, 3.8) is 0 Å². The van der Waals surface area contributed by atoms with E-state index in [0.29, 0.717) is 32.1 Å². The molecule has 0 aromatic carbocycles. The molecule has 2 aliphatic rings. The number of nitrogens with one attached hydrogen (secondary N) is 1. The van der Waals surface area contributed by atoms with Gasteiger partial charge in [0.25, 0.3) is 0 Å². The van der Waals surface area contributed by atoms with Crippen LogP contribution in [0.15, 0.2) is 0 Å². The third-order valence-electron chi connectivity index (χ3n) is 4.02. The van der Waals surface area contributed by atoms with E-state index in [-0.39, 0.29) is 6.03 Å². The van der Waals surface area contributed by atoms with Gasteiger partial charge in [0.05, 0.1) is 0 Å². The zero-order chi connectivity index (χ0) is 12.8. The molecular formula is C13H23N3O2. The van der Waals surface area contributed by atoms with Crippen LogP contribution in [-0.2, 0) is 4.79 Å². The van der Waals surface area contributed by atoms with Gasteiger partial charge in [0.1, 0.15) is 0 Å². The Morgan fingerprint density at radius 1 is 1.11 bits per heavy atom. The van der Waals surface area contributed by atoms with Crippen LogP contribution in [0, 0.1) is 5.92 Å².